The maximum Gasteiger partial charge on any atom is 0.223 e. The number of nitrogens with one attached hydrogen (secondary N) is 1. The smallest absolute Gasteiger partial charge is 0.223 e. The molecule has 128 valence electrons. The van der Waals surface area contributed by atoms with Gasteiger partial charge in [0.15, 0.2) is 0 Å². The Morgan fingerprint density at radius 2 is 1.96 bits per heavy atom. The van der Waals surface area contributed by atoms with Crippen LogP contribution in [0.4, 0.5) is 4.39 Å². The normalized spacial score (nSPS) is 25.8. The first-order valence-corrected chi connectivity index (χ1v) is 8.45. The number of hydrogen-bond donors (Lipinski definition) is 2. The zero-order valence-corrected chi connectivity index (χ0v) is 14.2. The molecule has 2 aliphatic rings. The minimum atomic E-state index is -0.238. The Labute approximate surface area is 143 Å². The molecule has 2 aliphatic carbocycles. The number of hydrogen-bond acceptors (Lipinski definition) is 2. The van der Waals surface area contributed by atoms with Crippen molar-refractivity contribution in [3.8, 4) is 0 Å². The quantitative estimate of drug-likeness (QED) is 0.877. The summed E-state index contributed by atoms with van der Waals surface area (Å²) in [4.78, 5) is 12.6. The average molecular weight is 341 g/mol. The van der Waals surface area contributed by atoms with E-state index in [4.69, 9.17) is 5.73 Å². The number of benzene rings is 1. The minimum absolute atomic E-state index is 0. The predicted molar refractivity (Wildman–Crippen MR) is 91.8 cm³/mol. The summed E-state index contributed by atoms with van der Waals surface area (Å²) in [6, 6.07) is 6.74. The summed E-state index contributed by atoms with van der Waals surface area (Å²) >= 11 is 0. The van der Waals surface area contributed by atoms with E-state index in [0.717, 1.165) is 37.7 Å². The monoisotopic (exact) mass is 340 g/mol. The van der Waals surface area contributed by atoms with Crippen molar-refractivity contribution in [2.45, 2.75) is 57.0 Å². The van der Waals surface area contributed by atoms with E-state index in [9.17, 15) is 9.18 Å². The number of amides is 1. The maximum absolute atomic E-state index is 13.6. The second kappa shape index (κ2) is 8.11. The van der Waals surface area contributed by atoms with Crippen molar-refractivity contribution in [3.05, 3.63) is 35.6 Å². The van der Waals surface area contributed by atoms with Crippen LogP contribution < -0.4 is 11.1 Å². The van der Waals surface area contributed by atoms with Gasteiger partial charge in [0.1, 0.15) is 5.82 Å². The molecule has 3 nitrogen and oxygen atoms in total. The lowest BCUT2D eigenvalue weighted by Crippen LogP contribution is -2.36. The van der Waals surface area contributed by atoms with E-state index in [0.29, 0.717) is 5.92 Å². The number of halogens is 2. The molecule has 0 saturated heterocycles. The van der Waals surface area contributed by atoms with Gasteiger partial charge >= 0.3 is 0 Å². The average Bonchev–Trinajstić information content (AvgIpc) is 3.16. The number of carbonyl (C=O) groups is 1. The van der Waals surface area contributed by atoms with Gasteiger partial charge in [0.05, 0.1) is 6.04 Å². The molecule has 0 radical (unpaired) electrons. The highest BCUT2D eigenvalue weighted by Gasteiger charge is 2.32. The van der Waals surface area contributed by atoms with Gasteiger partial charge in [-0.05, 0) is 55.7 Å². The molecule has 3 rings (SSSR count). The topological polar surface area (TPSA) is 55.1 Å². The van der Waals surface area contributed by atoms with E-state index in [1.54, 1.807) is 12.1 Å². The third-order valence-electron chi connectivity index (χ3n) is 5.22. The lowest BCUT2D eigenvalue weighted by atomic mass is 9.90. The molecule has 1 aromatic rings. The molecule has 2 saturated carbocycles. The van der Waals surface area contributed by atoms with Crippen LogP contribution in [-0.2, 0) is 4.79 Å². The highest BCUT2D eigenvalue weighted by molar-refractivity contribution is 5.85. The van der Waals surface area contributed by atoms with Gasteiger partial charge in [-0.15, -0.1) is 12.4 Å². The van der Waals surface area contributed by atoms with E-state index in [2.05, 4.69) is 5.32 Å². The molecule has 3 unspecified atom stereocenters. The molecule has 0 heterocycles. The number of rotatable bonds is 4. The summed E-state index contributed by atoms with van der Waals surface area (Å²) in [6.45, 7) is 0. The van der Waals surface area contributed by atoms with Crippen LogP contribution in [0.25, 0.3) is 0 Å². The summed E-state index contributed by atoms with van der Waals surface area (Å²) in [6.07, 6.45) is 7.16. The van der Waals surface area contributed by atoms with Crippen LogP contribution in [0.5, 0.6) is 0 Å². The standard InChI is InChI=1S/C18H25FN2O.ClH/c19-15-7-3-6-13(10-15)17(12-4-1-2-5-12)21-18(22)14-8-9-16(20)11-14;/h3,6-7,10,12,14,16-17H,1-2,4-5,8-9,11,20H2,(H,21,22);1H. The van der Waals surface area contributed by atoms with E-state index in [-0.39, 0.29) is 42.1 Å². The van der Waals surface area contributed by atoms with Crippen LogP contribution >= 0.6 is 12.4 Å². The largest absolute Gasteiger partial charge is 0.349 e. The highest BCUT2D eigenvalue weighted by atomic mass is 35.5. The van der Waals surface area contributed by atoms with Crippen molar-refractivity contribution in [1.29, 1.82) is 0 Å². The SMILES string of the molecule is Cl.NC1CCC(C(=O)NC(c2cccc(F)c2)C2CCCC2)C1. The lowest BCUT2D eigenvalue weighted by Gasteiger charge is -2.26. The fraction of sp³-hybridized carbons (Fsp3) is 0.611. The van der Waals surface area contributed by atoms with E-state index in [1.807, 2.05) is 6.07 Å². The van der Waals surface area contributed by atoms with Crippen LogP contribution in [-0.4, -0.2) is 11.9 Å². The molecule has 0 bridgehead atoms. The van der Waals surface area contributed by atoms with Crippen LogP contribution in [0.15, 0.2) is 24.3 Å². The van der Waals surface area contributed by atoms with Crippen molar-refractivity contribution in [1.82, 2.24) is 5.32 Å². The zero-order valence-electron chi connectivity index (χ0n) is 13.3. The fourth-order valence-electron chi connectivity index (χ4n) is 3.99. The van der Waals surface area contributed by atoms with Gasteiger partial charge < -0.3 is 11.1 Å². The molecule has 5 heteroatoms. The lowest BCUT2D eigenvalue weighted by molar-refractivity contribution is -0.126. The Morgan fingerprint density at radius 1 is 1.22 bits per heavy atom. The molecular weight excluding hydrogens is 315 g/mol. The molecule has 1 amide bonds. The van der Waals surface area contributed by atoms with Crippen LogP contribution in [0, 0.1) is 17.7 Å². The first kappa shape index (κ1) is 18.2. The minimum Gasteiger partial charge on any atom is -0.349 e. The molecule has 3 N–H and O–H groups in total. The first-order valence-electron chi connectivity index (χ1n) is 8.45. The fourth-order valence-corrected chi connectivity index (χ4v) is 3.99. The van der Waals surface area contributed by atoms with Gasteiger partial charge in [-0.3, -0.25) is 4.79 Å². The molecule has 0 aromatic heterocycles. The van der Waals surface area contributed by atoms with Gasteiger partial charge in [0.2, 0.25) is 5.91 Å². The third kappa shape index (κ3) is 4.45. The Bertz CT molecular complexity index is 534. The molecular formula is C18H26ClFN2O. The van der Waals surface area contributed by atoms with Gasteiger partial charge in [-0.2, -0.15) is 0 Å². The highest BCUT2D eigenvalue weighted by Crippen LogP contribution is 2.36. The second-order valence-electron chi connectivity index (χ2n) is 6.86. The summed E-state index contributed by atoms with van der Waals surface area (Å²) in [7, 11) is 0. The summed E-state index contributed by atoms with van der Waals surface area (Å²) in [5.74, 6) is 0.292. The molecule has 1 aromatic carbocycles. The molecule has 2 fully saturated rings. The van der Waals surface area contributed by atoms with Gasteiger partial charge in [-0.25, -0.2) is 4.39 Å². The van der Waals surface area contributed by atoms with E-state index in [1.165, 1.54) is 18.9 Å². The maximum atomic E-state index is 13.6. The van der Waals surface area contributed by atoms with Gasteiger partial charge in [-0.1, -0.05) is 25.0 Å². The molecule has 3 atom stereocenters. The predicted octanol–water partition coefficient (Wildman–Crippen LogP) is 3.72. The Kier molecular flexibility index (Phi) is 6.42. The van der Waals surface area contributed by atoms with E-state index >= 15 is 0 Å². The number of carbonyl (C=O) groups excluding carboxylic acids is 1. The number of nitrogens with two attached hydrogens (primary N) is 1. The Hall–Kier alpha value is -1.13. The second-order valence-corrected chi connectivity index (χ2v) is 6.86. The van der Waals surface area contributed by atoms with Crippen molar-refractivity contribution < 1.29 is 9.18 Å². The van der Waals surface area contributed by atoms with Gasteiger partial charge in [0.25, 0.3) is 0 Å². The summed E-state index contributed by atoms with van der Waals surface area (Å²) in [5.41, 5.74) is 6.81. The van der Waals surface area contributed by atoms with Gasteiger partial charge in [0, 0.05) is 12.0 Å². The van der Waals surface area contributed by atoms with Crippen molar-refractivity contribution >= 4 is 18.3 Å². The summed E-state index contributed by atoms with van der Waals surface area (Å²) < 4.78 is 13.6. The van der Waals surface area contributed by atoms with Crippen LogP contribution in [0.3, 0.4) is 0 Å². The molecule has 0 aliphatic heterocycles. The molecule has 23 heavy (non-hydrogen) atoms. The Balaban J connectivity index is 0.00000192. The zero-order chi connectivity index (χ0) is 15.5. The van der Waals surface area contributed by atoms with E-state index < -0.39 is 0 Å². The third-order valence-corrected chi connectivity index (χ3v) is 5.22. The Morgan fingerprint density at radius 3 is 2.57 bits per heavy atom. The van der Waals surface area contributed by atoms with Crippen molar-refractivity contribution in [2.75, 3.05) is 0 Å². The summed E-state index contributed by atoms with van der Waals surface area (Å²) in [5, 5.41) is 3.20. The van der Waals surface area contributed by atoms with Crippen LogP contribution in [0.2, 0.25) is 0 Å². The first-order chi connectivity index (χ1) is 10.6. The van der Waals surface area contributed by atoms with Crippen LogP contribution in [0.1, 0.15) is 56.6 Å². The molecule has 0 spiro atoms. The van der Waals surface area contributed by atoms with Crippen molar-refractivity contribution in [2.24, 2.45) is 17.6 Å². The van der Waals surface area contributed by atoms with Crippen molar-refractivity contribution in [3.63, 3.8) is 0 Å².